The third kappa shape index (κ3) is 18.4. The quantitative estimate of drug-likeness (QED) is 0.0497. The summed E-state index contributed by atoms with van der Waals surface area (Å²) in [7, 11) is 0. The molecule has 294 valence electrons. The van der Waals surface area contributed by atoms with E-state index in [-0.39, 0.29) is 48.9 Å². The van der Waals surface area contributed by atoms with Gasteiger partial charge in [0.2, 0.25) is 17.7 Å². The number of imide groups is 1. The van der Waals surface area contributed by atoms with Gasteiger partial charge in [0.1, 0.15) is 17.9 Å². The number of likely N-dealkylation sites (tertiary alicyclic amines) is 1. The highest BCUT2D eigenvalue weighted by Gasteiger charge is 2.39. The first-order valence-electron chi connectivity index (χ1n) is 18.3. The molecule has 2 atom stereocenters. The summed E-state index contributed by atoms with van der Waals surface area (Å²) >= 11 is 0.965. The molecule has 2 rings (SSSR count). The number of aromatic hydroxyl groups is 1. The van der Waals surface area contributed by atoms with Crippen molar-refractivity contribution in [2.45, 2.75) is 82.1 Å². The third-order valence-corrected chi connectivity index (χ3v) is 9.18. The molecule has 1 aromatic carbocycles. The van der Waals surface area contributed by atoms with Crippen LogP contribution in [-0.4, -0.2) is 99.3 Å². The van der Waals surface area contributed by atoms with Crippen LogP contribution in [0.1, 0.15) is 75.1 Å². The van der Waals surface area contributed by atoms with Crippen molar-refractivity contribution in [1.29, 1.82) is 0 Å². The largest absolute Gasteiger partial charge is 0.507 e. The fourth-order valence-corrected chi connectivity index (χ4v) is 6.10. The molecule has 0 saturated carbocycles. The van der Waals surface area contributed by atoms with Gasteiger partial charge in [-0.3, -0.25) is 24.1 Å². The van der Waals surface area contributed by atoms with E-state index in [0.717, 1.165) is 55.2 Å². The van der Waals surface area contributed by atoms with Crippen LogP contribution in [0.2, 0.25) is 0 Å². The number of aliphatic hydroxyl groups is 2. The Morgan fingerprint density at radius 2 is 1.43 bits per heavy atom. The van der Waals surface area contributed by atoms with Crippen LogP contribution in [0.3, 0.4) is 0 Å². The van der Waals surface area contributed by atoms with Crippen LogP contribution in [0.25, 0.3) is 0 Å². The van der Waals surface area contributed by atoms with E-state index in [1.807, 2.05) is 12.2 Å². The highest BCUT2D eigenvalue weighted by atomic mass is 32.2. The second-order valence-corrected chi connectivity index (χ2v) is 13.4. The number of hydrogen-bond donors (Lipinski definition) is 5. The lowest BCUT2D eigenvalue weighted by Gasteiger charge is -2.21. The number of aliphatic hydroxyl groups excluding tert-OH is 2. The number of allylic oxidation sites excluding steroid dienone is 12. The molecular weight excluding hydrogens is 711 g/mol. The Hall–Kier alpha value is -4.72. The average Bonchev–Trinajstić information content (AvgIpc) is 3.43. The molecule has 1 heterocycles. The molecule has 13 heteroatoms. The molecule has 12 nitrogen and oxygen atoms in total. The minimum absolute atomic E-state index is 0.00938. The molecule has 1 saturated heterocycles. The molecule has 1 aliphatic heterocycles. The molecule has 1 aliphatic rings. The number of rotatable bonds is 26. The van der Waals surface area contributed by atoms with Crippen molar-refractivity contribution in [2.24, 2.45) is 0 Å². The first-order valence-corrected chi connectivity index (χ1v) is 19.4. The van der Waals surface area contributed by atoms with Gasteiger partial charge >= 0.3 is 5.97 Å². The fraction of sp³-hybridized carbons (Fsp3) is 0.439. The maximum absolute atomic E-state index is 13.0. The molecule has 1 aromatic rings. The van der Waals surface area contributed by atoms with Gasteiger partial charge in [0.15, 0.2) is 0 Å². The normalized spacial score (nSPS) is 15.7. The standard InChI is InChI=1S/C41H55N3O9S/c1-2-3-4-5-6-7-8-9-10-11-12-13-14-15-16-17-18-19-20-25-37(48)42-26-27-44-38(49)28-36(40(44)51)54-31-34(41(52)53-32(29-45)30-46)43-39(50)33-23-21-22-24-35(33)47/h3-4,6-7,9-10,12-13,15-16,18-19,21-24,32,34,36,45-47H,2,5,8,11,14,17,20,25-31H2,1H3,(H,42,48)(H,43,50)/b4-3-,7-6-,10-9-,13-12-,16-15-,19-18-/t34-,36?/m0/s1. The van der Waals surface area contributed by atoms with Gasteiger partial charge in [-0.25, -0.2) is 4.79 Å². The van der Waals surface area contributed by atoms with Gasteiger partial charge in [-0.15, -0.1) is 11.8 Å². The van der Waals surface area contributed by atoms with Crippen molar-refractivity contribution >= 4 is 41.4 Å². The van der Waals surface area contributed by atoms with Crippen molar-refractivity contribution < 1.29 is 44.0 Å². The van der Waals surface area contributed by atoms with Crippen LogP contribution >= 0.6 is 11.8 Å². The molecule has 0 spiro atoms. The number of carbonyl (C=O) groups excluding carboxylic acids is 5. The fourth-order valence-electron chi connectivity index (χ4n) is 4.93. The molecule has 54 heavy (non-hydrogen) atoms. The number of hydrogen-bond acceptors (Lipinski definition) is 10. The number of nitrogens with one attached hydrogen (secondary N) is 2. The second-order valence-electron chi connectivity index (χ2n) is 12.2. The van der Waals surface area contributed by atoms with E-state index < -0.39 is 54.3 Å². The Bertz CT molecular complexity index is 1510. The summed E-state index contributed by atoms with van der Waals surface area (Å²) in [6.45, 7) is 0.903. The number of nitrogens with zero attached hydrogens (tertiary/aromatic N) is 1. The van der Waals surface area contributed by atoms with Crippen LogP contribution in [0, 0.1) is 0 Å². The average molecular weight is 766 g/mol. The van der Waals surface area contributed by atoms with Gasteiger partial charge in [-0.2, -0.15) is 0 Å². The lowest BCUT2D eigenvalue weighted by molar-refractivity contribution is -0.155. The topological polar surface area (TPSA) is 183 Å². The predicted octanol–water partition coefficient (Wildman–Crippen LogP) is 4.84. The van der Waals surface area contributed by atoms with Gasteiger partial charge in [-0.1, -0.05) is 92.0 Å². The third-order valence-electron chi connectivity index (χ3n) is 7.89. The first kappa shape index (κ1) is 45.4. The van der Waals surface area contributed by atoms with Gasteiger partial charge < -0.3 is 30.7 Å². The van der Waals surface area contributed by atoms with Gasteiger partial charge in [-0.05, 0) is 57.1 Å². The molecule has 0 bridgehead atoms. The van der Waals surface area contributed by atoms with Crippen molar-refractivity contribution in [3.05, 3.63) is 103 Å². The monoisotopic (exact) mass is 765 g/mol. The van der Waals surface area contributed by atoms with Crippen LogP contribution in [0.4, 0.5) is 0 Å². The Kier molecular flexibility index (Phi) is 23.4. The number of carbonyl (C=O) groups is 5. The van der Waals surface area contributed by atoms with Crippen LogP contribution in [-0.2, 0) is 23.9 Å². The van der Waals surface area contributed by atoms with E-state index in [1.165, 1.54) is 24.3 Å². The smallest absolute Gasteiger partial charge is 0.329 e. The number of para-hydroxylation sites is 1. The second kappa shape index (κ2) is 27.8. The summed E-state index contributed by atoms with van der Waals surface area (Å²) in [6.07, 6.45) is 30.4. The highest BCUT2D eigenvalue weighted by Crippen LogP contribution is 2.26. The maximum atomic E-state index is 13.0. The summed E-state index contributed by atoms with van der Waals surface area (Å²) in [5.74, 6) is -3.36. The van der Waals surface area contributed by atoms with Crippen molar-refractivity contribution in [3.8, 4) is 5.75 Å². The van der Waals surface area contributed by atoms with Gasteiger partial charge in [0, 0.05) is 31.7 Å². The van der Waals surface area contributed by atoms with Crippen LogP contribution in [0.5, 0.6) is 5.75 Å². The van der Waals surface area contributed by atoms with Crippen LogP contribution < -0.4 is 10.6 Å². The number of phenols is 1. The number of amides is 4. The number of benzene rings is 1. The summed E-state index contributed by atoms with van der Waals surface area (Å²) < 4.78 is 5.08. The first-order chi connectivity index (χ1) is 26.2. The van der Waals surface area contributed by atoms with E-state index in [9.17, 15) is 39.3 Å². The Morgan fingerprint density at radius 1 is 0.870 bits per heavy atom. The van der Waals surface area contributed by atoms with E-state index in [4.69, 9.17) is 4.74 Å². The number of thioether (sulfide) groups is 1. The van der Waals surface area contributed by atoms with Gasteiger partial charge in [0.05, 0.1) is 24.0 Å². The van der Waals surface area contributed by atoms with Crippen molar-refractivity contribution in [3.63, 3.8) is 0 Å². The molecule has 0 aromatic heterocycles. The van der Waals surface area contributed by atoms with Gasteiger partial charge in [0.25, 0.3) is 5.91 Å². The molecule has 5 N–H and O–H groups in total. The molecule has 0 aliphatic carbocycles. The van der Waals surface area contributed by atoms with Crippen molar-refractivity contribution in [1.82, 2.24) is 15.5 Å². The maximum Gasteiger partial charge on any atom is 0.329 e. The SMILES string of the molecule is CC/C=C\C/C=C\C/C=C\C/C=C\C/C=C\C/C=C\CCC(=O)NCCN1C(=O)CC(SC[C@H](NC(=O)c2ccccc2O)C(=O)OC(CO)CO)C1=O. The highest BCUT2D eigenvalue weighted by molar-refractivity contribution is 8.00. The lowest BCUT2D eigenvalue weighted by atomic mass is 10.2. The summed E-state index contributed by atoms with van der Waals surface area (Å²) in [6, 6.07) is 4.37. The zero-order chi connectivity index (χ0) is 39.4. The van der Waals surface area contributed by atoms with E-state index >= 15 is 0 Å². The summed E-state index contributed by atoms with van der Waals surface area (Å²) in [4.78, 5) is 64.7. The summed E-state index contributed by atoms with van der Waals surface area (Å²) in [5, 5.41) is 33.0. The number of phenolic OH excluding ortho intramolecular Hbond substituents is 1. The Balaban J connectivity index is 1.68. The van der Waals surface area contributed by atoms with E-state index in [2.05, 4.69) is 78.3 Å². The molecule has 0 radical (unpaired) electrons. The lowest BCUT2D eigenvalue weighted by Crippen LogP contribution is -2.46. The van der Waals surface area contributed by atoms with Crippen molar-refractivity contribution in [2.75, 3.05) is 32.1 Å². The Morgan fingerprint density at radius 3 is 1.98 bits per heavy atom. The van der Waals surface area contributed by atoms with E-state index in [0.29, 0.717) is 6.42 Å². The zero-order valence-electron chi connectivity index (χ0n) is 31.0. The minimum atomic E-state index is -1.33. The minimum Gasteiger partial charge on any atom is -0.507 e. The molecular formula is C41H55N3O9S. The molecule has 1 fully saturated rings. The zero-order valence-corrected chi connectivity index (χ0v) is 31.8. The number of ether oxygens (including phenoxy) is 1. The summed E-state index contributed by atoms with van der Waals surface area (Å²) in [5.41, 5.74) is -0.0983. The Labute approximate surface area is 322 Å². The number of esters is 1. The van der Waals surface area contributed by atoms with E-state index in [1.54, 1.807) is 0 Å². The predicted molar refractivity (Wildman–Crippen MR) is 211 cm³/mol. The van der Waals surface area contributed by atoms with Crippen LogP contribution in [0.15, 0.2) is 97.2 Å². The molecule has 1 unspecified atom stereocenters. The molecule has 4 amide bonds.